The lowest BCUT2D eigenvalue weighted by molar-refractivity contribution is 1.18. The van der Waals surface area contributed by atoms with Gasteiger partial charge in [-0.2, -0.15) is 0 Å². The first-order valence-corrected chi connectivity index (χ1v) is 15.9. The SMILES string of the molecule is c1ccc(N2c3ccccc3B3c4c2cccc4N(c2ccccc2)c2cccc(-n4c5ccccc5c5ccccc54)c23)cc1. The van der Waals surface area contributed by atoms with Gasteiger partial charge in [0.2, 0.25) is 0 Å². The Hall–Kier alpha value is -6.00. The zero-order chi connectivity index (χ0) is 30.2. The lowest BCUT2D eigenvalue weighted by Crippen LogP contribution is -2.62. The highest BCUT2D eigenvalue weighted by molar-refractivity contribution is 7.01. The molecule has 0 saturated heterocycles. The van der Waals surface area contributed by atoms with Gasteiger partial charge < -0.3 is 14.4 Å². The number of para-hydroxylation sites is 5. The van der Waals surface area contributed by atoms with E-state index in [1.165, 1.54) is 66.6 Å². The molecule has 2 aliphatic heterocycles. The second-order valence-electron chi connectivity index (χ2n) is 12.1. The second-order valence-corrected chi connectivity index (χ2v) is 12.1. The quantitative estimate of drug-likeness (QED) is 0.192. The summed E-state index contributed by atoms with van der Waals surface area (Å²) in [5.41, 5.74) is 14.8. The van der Waals surface area contributed by atoms with Gasteiger partial charge in [-0.1, -0.05) is 103 Å². The van der Waals surface area contributed by atoms with Gasteiger partial charge in [0.1, 0.15) is 0 Å². The Bertz CT molecular complexity index is 2380. The van der Waals surface area contributed by atoms with Crippen LogP contribution in [0.25, 0.3) is 27.5 Å². The summed E-state index contributed by atoms with van der Waals surface area (Å²) in [7, 11) is 0. The maximum absolute atomic E-state index is 2.49. The Morgan fingerprint density at radius 2 is 0.739 bits per heavy atom. The van der Waals surface area contributed by atoms with E-state index in [4.69, 9.17) is 0 Å². The summed E-state index contributed by atoms with van der Waals surface area (Å²) < 4.78 is 2.49. The van der Waals surface area contributed by atoms with Gasteiger partial charge in [-0.05, 0) is 83.1 Å². The molecular formula is C42H28BN3. The number of aromatic nitrogens is 1. The molecule has 214 valence electrons. The average molecular weight is 586 g/mol. The molecule has 4 heteroatoms. The van der Waals surface area contributed by atoms with Gasteiger partial charge in [-0.25, -0.2) is 0 Å². The molecule has 0 radical (unpaired) electrons. The monoisotopic (exact) mass is 585 g/mol. The molecule has 2 aliphatic rings. The van der Waals surface area contributed by atoms with Gasteiger partial charge in [-0.3, -0.25) is 0 Å². The smallest absolute Gasteiger partial charge is 0.254 e. The molecule has 0 bridgehead atoms. The second kappa shape index (κ2) is 9.75. The Balaban J connectivity index is 1.36. The molecule has 0 saturated carbocycles. The van der Waals surface area contributed by atoms with Crippen molar-refractivity contribution in [3.63, 3.8) is 0 Å². The van der Waals surface area contributed by atoms with Gasteiger partial charge >= 0.3 is 0 Å². The van der Waals surface area contributed by atoms with E-state index in [0.717, 1.165) is 11.4 Å². The Morgan fingerprint density at radius 1 is 0.326 bits per heavy atom. The predicted molar refractivity (Wildman–Crippen MR) is 195 cm³/mol. The fourth-order valence-electron chi connectivity index (χ4n) is 8.00. The minimum atomic E-state index is 0.0356. The van der Waals surface area contributed by atoms with E-state index in [-0.39, 0.29) is 6.71 Å². The van der Waals surface area contributed by atoms with Crippen LogP contribution in [0.5, 0.6) is 0 Å². The van der Waals surface area contributed by atoms with Crippen LogP contribution in [0.3, 0.4) is 0 Å². The molecule has 0 spiro atoms. The van der Waals surface area contributed by atoms with Crippen molar-refractivity contribution in [1.29, 1.82) is 0 Å². The summed E-state index contributed by atoms with van der Waals surface area (Å²) in [6.45, 7) is 0.0356. The highest BCUT2D eigenvalue weighted by Gasteiger charge is 2.44. The Morgan fingerprint density at radius 3 is 1.33 bits per heavy atom. The number of rotatable bonds is 3. The highest BCUT2D eigenvalue weighted by atomic mass is 15.2. The summed E-state index contributed by atoms with van der Waals surface area (Å²) in [6.07, 6.45) is 0. The molecular weight excluding hydrogens is 557 g/mol. The molecule has 0 atom stereocenters. The van der Waals surface area contributed by atoms with Crippen LogP contribution in [-0.4, -0.2) is 11.3 Å². The number of hydrogen-bond acceptors (Lipinski definition) is 2. The minimum Gasteiger partial charge on any atom is -0.311 e. The largest absolute Gasteiger partial charge is 0.311 e. The molecule has 3 nitrogen and oxygen atoms in total. The molecule has 0 amide bonds. The van der Waals surface area contributed by atoms with E-state index < -0.39 is 0 Å². The van der Waals surface area contributed by atoms with Crippen molar-refractivity contribution < 1.29 is 0 Å². The summed E-state index contributed by atoms with van der Waals surface area (Å²) in [5.74, 6) is 0. The van der Waals surface area contributed by atoms with Gasteiger partial charge in [0.15, 0.2) is 0 Å². The van der Waals surface area contributed by atoms with E-state index in [0.29, 0.717) is 0 Å². The predicted octanol–water partition coefficient (Wildman–Crippen LogP) is 8.87. The highest BCUT2D eigenvalue weighted by Crippen LogP contribution is 2.44. The van der Waals surface area contributed by atoms with Crippen LogP contribution in [0.1, 0.15) is 0 Å². The lowest BCUT2D eigenvalue weighted by atomic mass is 9.33. The van der Waals surface area contributed by atoms with Gasteiger partial charge in [0.05, 0.1) is 11.0 Å². The van der Waals surface area contributed by atoms with Crippen LogP contribution in [0, 0.1) is 0 Å². The Kier molecular flexibility index (Phi) is 5.37. The number of hydrogen-bond donors (Lipinski definition) is 0. The van der Waals surface area contributed by atoms with Crippen LogP contribution < -0.4 is 26.2 Å². The molecule has 46 heavy (non-hydrogen) atoms. The standard InChI is InChI=1S/C42H28BN3/c1-3-15-29(16-4-1)44-36-24-12-9-21-33(36)43-41-37(44)25-13-26-38(41)45(30-17-5-2-6-18-30)39-27-14-28-40(42(39)43)46-34-22-10-7-19-31(34)32-20-8-11-23-35(32)46/h1-28H. The van der Waals surface area contributed by atoms with E-state index in [9.17, 15) is 0 Å². The van der Waals surface area contributed by atoms with Gasteiger partial charge in [0, 0.05) is 50.6 Å². The van der Waals surface area contributed by atoms with Crippen LogP contribution in [0.2, 0.25) is 0 Å². The van der Waals surface area contributed by atoms with Crippen molar-refractivity contribution in [1.82, 2.24) is 4.57 Å². The zero-order valence-corrected chi connectivity index (χ0v) is 25.1. The molecule has 0 unspecified atom stereocenters. The van der Waals surface area contributed by atoms with E-state index in [2.05, 4.69) is 184 Å². The third-order valence-electron chi connectivity index (χ3n) is 9.76. The summed E-state index contributed by atoms with van der Waals surface area (Å²) >= 11 is 0. The minimum absolute atomic E-state index is 0.0356. The molecule has 7 aromatic carbocycles. The van der Waals surface area contributed by atoms with Gasteiger partial charge in [-0.15, -0.1) is 0 Å². The molecule has 0 N–H and O–H groups in total. The first kappa shape index (κ1) is 25.3. The zero-order valence-electron chi connectivity index (χ0n) is 25.1. The molecule has 3 heterocycles. The van der Waals surface area contributed by atoms with E-state index in [1.54, 1.807) is 0 Å². The first-order chi connectivity index (χ1) is 22.9. The van der Waals surface area contributed by atoms with Crippen molar-refractivity contribution in [3.05, 3.63) is 170 Å². The number of fused-ring (bicyclic) bond motifs is 7. The van der Waals surface area contributed by atoms with Crippen LogP contribution in [0.15, 0.2) is 170 Å². The fourth-order valence-corrected chi connectivity index (χ4v) is 8.00. The van der Waals surface area contributed by atoms with Crippen LogP contribution in [-0.2, 0) is 0 Å². The number of benzene rings is 7. The molecule has 8 aromatic rings. The van der Waals surface area contributed by atoms with Crippen LogP contribution in [0.4, 0.5) is 34.1 Å². The summed E-state index contributed by atoms with van der Waals surface area (Å²) in [6, 6.07) is 61.9. The summed E-state index contributed by atoms with van der Waals surface area (Å²) in [5, 5.41) is 2.54. The third-order valence-corrected chi connectivity index (χ3v) is 9.76. The van der Waals surface area contributed by atoms with Crippen molar-refractivity contribution in [3.8, 4) is 5.69 Å². The lowest BCUT2D eigenvalue weighted by Gasteiger charge is -2.44. The third kappa shape index (κ3) is 3.44. The van der Waals surface area contributed by atoms with E-state index >= 15 is 0 Å². The number of nitrogens with zero attached hydrogens (tertiary/aromatic N) is 3. The molecule has 10 rings (SSSR count). The maximum Gasteiger partial charge on any atom is 0.254 e. The first-order valence-electron chi connectivity index (χ1n) is 15.9. The van der Waals surface area contributed by atoms with Crippen molar-refractivity contribution in [2.24, 2.45) is 0 Å². The molecule has 1 aromatic heterocycles. The Labute approximate surface area is 268 Å². The maximum atomic E-state index is 2.49. The fraction of sp³-hybridized carbons (Fsp3) is 0. The van der Waals surface area contributed by atoms with E-state index in [1.807, 2.05) is 0 Å². The number of anilines is 6. The topological polar surface area (TPSA) is 11.4 Å². The summed E-state index contributed by atoms with van der Waals surface area (Å²) in [4.78, 5) is 4.92. The van der Waals surface area contributed by atoms with Crippen molar-refractivity contribution in [2.75, 3.05) is 9.80 Å². The average Bonchev–Trinajstić information content (AvgIpc) is 3.46. The van der Waals surface area contributed by atoms with Crippen LogP contribution >= 0.6 is 0 Å². The molecule has 0 fully saturated rings. The van der Waals surface area contributed by atoms with Gasteiger partial charge in [0.25, 0.3) is 6.71 Å². The normalized spacial score (nSPS) is 13.1. The van der Waals surface area contributed by atoms with Crippen molar-refractivity contribution >= 4 is 79.0 Å². The van der Waals surface area contributed by atoms with Crippen molar-refractivity contribution in [2.45, 2.75) is 0 Å². The molecule has 0 aliphatic carbocycles.